The van der Waals surface area contributed by atoms with Crippen molar-refractivity contribution in [2.24, 2.45) is 0 Å². The first kappa shape index (κ1) is 26.2. The highest BCUT2D eigenvalue weighted by Crippen LogP contribution is 2.23. The van der Waals surface area contributed by atoms with Gasteiger partial charge in [-0.05, 0) is 60.2 Å². The normalized spacial score (nSPS) is 11.0. The second-order valence-corrected chi connectivity index (χ2v) is 9.93. The first-order valence-corrected chi connectivity index (χ1v) is 13.6. The first-order chi connectivity index (χ1) is 19.1. The molecule has 5 rings (SSSR count). The lowest BCUT2D eigenvalue weighted by Crippen LogP contribution is -2.28. The zero-order valence-corrected chi connectivity index (χ0v) is 22.7. The maximum atomic E-state index is 12.7. The highest BCUT2D eigenvalue weighted by Gasteiger charge is 2.12. The van der Waals surface area contributed by atoms with Crippen LogP contribution >= 0.6 is 0 Å². The number of fused-ring (bicyclic) bond motifs is 1. The lowest BCUT2D eigenvalue weighted by Gasteiger charge is -2.13. The van der Waals surface area contributed by atoms with Gasteiger partial charge in [0.25, 0.3) is 0 Å². The third-order valence-electron chi connectivity index (χ3n) is 7.01. The second-order valence-electron chi connectivity index (χ2n) is 9.93. The Bertz CT molecular complexity index is 1520. The summed E-state index contributed by atoms with van der Waals surface area (Å²) >= 11 is 0. The summed E-state index contributed by atoms with van der Waals surface area (Å²) in [5.41, 5.74) is 7.74. The minimum atomic E-state index is 0.0205. The quantitative estimate of drug-likeness (QED) is 0.199. The Kier molecular flexibility index (Phi) is 8.37. The van der Waals surface area contributed by atoms with E-state index in [2.05, 4.69) is 72.3 Å². The van der Waals surface area contributed by atoms with Crippen LogP contribution in [-0.4, -0.2) is 28.6 Å². The van der Waals surface area contributed by atoms with E-state index >= 15 is 0 Å². The highest BCUT2D eigenvalue weighted by atomic mass is 16.5. The van der Waals surface area contributed by atoms with Gasteiger partial charge in [-0.3, -0.25) is 4.79 Å². The number of hydrogen-bond acceptors (Lipinski definition) is 3. The number of hydrogen-bond donors (Lipinski definition) is 1. The summed E-state index contributed by atoms with van der Waals surface area (Å²) in [6, 6.07) is 32.9. The van der Waals surface area contributed by atoms with Crippen LogP contribution in [-0.2, 0) is 24.2 Å². The number of aryl methyl sites for hydroxylation is 3. The molecule has 0 radical (unpaired) electrons. The zero-order chi connectivity index (χ0) is 27.0. The van der Waals surface area contributed by atoms with Gasteiger partial charge in [-0.25, -0.2) is 4.98 Å². The molecule has 1 aromatic heterocycles. The van der Waals surface area contributed by atoms with E-state index in [0.717, 1.165) is 57.8 Å². The van der Waals surface area contributed by atoms with Gasteiger partial charge in [0.15, 0.2) is 0 Å². The minimum Gasteiger partial charge on any atom is -0.493 e. The standard InChI is InChI=1S/C34H35N3O2/c1-25-10-8-11-26(2)34(25)39-23-9-22-37-31-15-7-6-14-30(31)36-32(37)20-21-35-33(38)24-27-16-18-29(19-17-27)28-12-4-3-5-13-28/h3-8,10-19H,9,20-24H2,1-2H3,(H,35,38). The Labute approximate surface area is 230 Å². The summed E-state index contributed by atoms with van der Waals surface area (Å²) in [5, 5.41) is 3.08. The van der Waals surface area contributed by atoms with E-state index in [1.807, 2.05) is 48.5 Å². The number of carbonyl (C=O) groups is 1. The molecule has 5 nitrogen and oxygen atoms in total. The molecule has 4 aromatic carbocycles. The van der Waals surface area contributed by atoms with E-state index in [0.29, 0.717) is 26.0 Å². The van der Waals surface area contributed by atoms with Crippen molar-refractivity contribution in [3.8, 4) is 16.9 Å². The molecule has 0 saturated heterocycles. The average Bonchev–Trinajstić information content (AvgIpc) is 3.30. The molecule has 0 aliphatic carbocycles. The van der Waals surface area contributed by atoms with E-state index in [1.165, 1.54) is 5.56 Å². The van der Waals surface area contributed by atoms with Crippen molar-refractivity contribution in [1.82, 2.24) is 14.9 Å². The van der Waals surface area contributed by atoms with E-state index in [4.69, 9.17) is 9.72 Å². The Balaban J connectivity index is 1.15. The maximum absolute atomic E-state index is 12.7. The SMILES string of the molecule is Cc1cccc(C)c1OCCCn1c(CCNC(=O)Cc2ccc(-c3ccccc3)cc2)nc2ccccc21. The molecule has 0 bridgehead atoms. The molecule has 198 valence electrons. The van der Waals surface area contributed by atoms with Crippen molar-refractivity contribution >= 4 is 16.9 Å². The van der Waals surface area contributed by atoms with Crippen molar-refractivity contribution < 1.29 is 9.53 Å². The molecule has 0 atom stereocenters. The molecule has 5 heteroatoms. The molecule has 0 aliphatic heterocycles. The van der Waals surface area contributed by atoms with Crippen LogP contribution in [0.4, 0.5) is 0 Å². The number of rotatable bonds is 11. The molecule has 0 fully saturated rings. The Hall–Kier alpha value is -4.38. The molecule has 39 heavy (non-hydrogen) atoms. The third kappa shape index (κ3) is 6.55. The summed E-state index contributed by atoms with van der Waals surface area (Å²) in [6.45, 7) is 6.15. The van der Waals surface area contributed by atoms with Crippen LogP contribution in [0.5, 0.6) is 5.75 Å². The lowest BCUT2D eigenvalue weighted by molar-refractivity contribution is -0.120. The maximum Gasteiger partial charge on any atom is 0.224 e. The van der Waals surface area contributed by atoms with Crippen LogP contribution in [0.15, 0.2) is 97.1 Å². The summed E-state index contributed by atoms with van der Waals surface area (Å²) in [4.78, 5) is 17.5. The fourth-order valence-electron chi connectivity index (χ4n) is 5.00. The smallest absolute Gasteiger partial charge is 0.224 e. The van der Waals surface area contributed by atoms with Gasteiger partial charge in [0.1, 0.15) is 11.6 Å². The number of para-hydroxylation sites is 3. The van der Waals surface area contributed by atoms with Crippen molar-refractivity contribution in [2.75, 3.05) is 13.2 Å². The molecule has 1 heterocycles. The third-order valence-corrected chi connectivity index (χ3v) is 7.01. The summed E-state index contributed by atoms with van der Waals surface area (Å²) in [7, 11) is 0. The van der Waals surface area contributed by atoms with Gasteiger partial charge in [0, 0.05) is 19.5 Å². The molecule has 1 N–H and O–H groups in total. The molecule has 0 unspecified atom stereocenters. The molecule has 0 spiro atoms. The number of imidazole rings is 1. The number of nitrogens with one attached hydrogen (secondary N) is 1. The number of aromatic nitrogens is 2. The number of benzene rings is 4. The Morgan fingerprint density at radius 1 is 0.821 bits per heavy atom. The molecular formula is C34H35N3O2. The van der Waals surface area contributed by atoms with Crippen LogP contribution in [0.3, 0.4) is 0 Å². The van der Waals surface area contributed by atoms with Gasteiger partial charge in [-0.15, -0.1) is 0 Å². The lowest BCUT2D eigenvalue weighted by atomic mass is 10.0. The molecule has 0 saturated carbocycles. The molecule has 5 aromatic rings. The fourth-order valence-corrected chi connectivity index (χ4v) is 5.00. The van der Waals surface area contributed by atoms with Crippen LogP contribution in [0.2, 0.25) is 0 Å². The van der Waals surface area contributed by atoms with E-state index in [-0.39, 0.29) is 5.91 Å². The molecule has 1 amide bonds. The topological polar surface area (TPSA) is 56.1 Å². The van der Waals surface area contributed by atoms with Gasteiger partial charge in [0.05, 0.1) is 24.1 Å². The van der Waals surface area contributed by atoms with Gasteiger partial charge >= 0.3 is 0 Å². The van der Waals surface area contributed by atoms with Gasteiger partial charge in [-0.2, -0.15) is 0 Å². The van der Waals surface area contributed by atoms with Crippen molar-refractivity contribution in [3.05, 3.63) is 120 Å². The monoisotopic (exact) mass is 517 g/mol. The minimum absolute atomic E-state index is 0.0205. The molecule has 0 aliphatic rings. The summed E-state index contributed by atoms with van der Waals surface area (Å²) in [5.74, 6) is 1.98. The second kappa shape index (κ2) is 12.4. The fraction of sp³-hybridized carbons (Fsp3) is 0.235. The number of ether oxygens (including phenoxy) is 1. The van der Waals surface area contributed by atoms with E-state index in [9.17, 15) is 4.79 Å². The van der Waals surface area contributed by atoms with Gasteiger partial charge in [0.2, 0.25) is 5.91 Å². The summed E-state index contributed by atoms with van der Waals surface area (Å²) in [6.07, 6.45) is 1.90. The van der Waals surface area contributed by atoms with Crippen LogP contribution in [0, 0.1) is 13.8 Å². The van der Waals surface area contributed by atoms with Crippen LogP contribution < -0.4 is 10.1 Å². The van der Waals surface area contributed by atoms with Crippen LogP contribution in [0.1, 0.15) is 28.9 Å². The predicted octanol–water partition coefficient (Wildman–Crippen LogP) is 6.69. The Morgan fingerprint density at radius 2 is 1.51 bits per heavy atom. The van der Waals surface area contributed by atoms with Gasteiger partial charge < -0.3 is 14.6 Å². The number of amides is 1. The van der Waals surface area contributed by atoms with E-state index < -0.39 is 0 Å². The number of nitrogens with zero attached hydrogens (tertiary/aromatic N) is 2. The summed E-state index contributed by atoms with van der Waals surface area (Å²) < 4.78 is 8.39. The van der Waals surface area contributed by atoms with Crippen molar-refractivity contribution in [1.29, 1.82) is 0 Å². The zero-order valence-electron chi connectivity index (χ0n) is 22.7. The van der Waals surface area contributed by atoms with E-state index in [1.54, 1.807) is 0 Å². The van der Waals surface area contributed by atoms with Crippen molar-refractivity contribution in [2.45, 2.75) is 39.7 Å². The van der Waals surface area contributed by atoms with Crippen molar-refractivity contribution in [3.63, 3.8) is 0 Å². The predicted molar refractivity (Wildman–Crippen MR) is 158 cm³/mol. The average molecular weight is 518 g/mol. The Morgan fingerprint density at radius 3 is 2.28 bits per heavy atom. The highest BCUT2D eigenvalue weighted by molar-refractivity contribution is 5.79. The largest absolute Gasteiger partial charge is 0.493 e. The number of carbonyl (C=O) groups excluding carboxylic acids is 1. The van der Waals surface area contributed by atoms with Gasteiger partial charge in [-0.1, -0.05) is 84.9 Å². The first-order valence-electron chi connectivity index (χ1n) is 13.6. The molecular weight excluding hydrogens is 482 g/mol. The van der Waals surface area contributed by atoms with Crippen LogP contribution in [0.25, 0.3) is 22.2 Å².